The molecule has 14 heavy (non-hydrogen) atoms. The Balaban J connectivity index is 2.22. The molecule has 1 aliphatic rings. The molecule has 0 spiro atoms. The topological polar surface area (TPSA) is 18.5 Å². The summed E-state index contributed by atoms with van der Waals surface area (Å²) < 4.78 is 10.9. The predicted octanol–water partition coefficient (Wildman–Crippen LogP) is 2.13. The number of hydrogen-bond acceptors (Lipinski definition) is 2. The summed E-state index contributed by atoms with van der Waals surface area (Å²) in [5.74, 6) is 0. The van der Waals surface area contributed by atoms with E-state index >= 15 is 0 Å². The van der Waals surface area contributed by atoms with E-state index in [-0.39, 0.29) is 7.12 Å². The van der Waals surface area contributed by atoms with Crippen molar-refractivity contribution in [2.24, 2.45) is 0 Å². The lowest BCUT2D eigenvalue weighted by molar-refractivity contribution is 0.143. The van der Waals surface area contributed by atoms with Crippen LogP contribution in [0, 0.1) is 0 Å². The van der Waals surface area contributed by atoms with Crippen LogP contribution in [0.3, 0.4) is 0 Å². The summed E-state index contributed by atoms with van der Waals surface area (Å²) in [5.41, 5.74) is 0.843. The van der Waals surface area contributed by atoms with Crippen LogP contribution in [-0.4, -0.2) is 20.3 Å². The second kappa shape index (κ2) is 4.54. The van der Waals surface area contributed by atoms with E-state index in [2.05, 4.69) is 0 Å². The average molecular weight is 231 g/mol. The van der Waals surface area contributed by atoms with E-state index in [4.69, 9.17) is 32.5 Å². The van der Waals surface area contributed by atoms with Crippen molar-refractivity contribution in [2.45, 2.75) is 6.42 Å². The molecule has 1 aromatic rings. The van der Waals surface area contributed by atoms with E-state index in [0.717, 1.165) is 11.9 Å². The van der Waals surface area contributed by atoms with Crippen LogP contribution in [0.25, 0.3) is 0 Å². The predicted molar refractivity (Wildman–Crippen MR) is 58.4 cm³/mol. The second-order valence-corrected chi connectivity index (χ2v) is 3.94. The molecular formula is C9H9BCl2O2. The van der Waals surface area contributed by atoms with Crippen LogP contribution in [0.2, 0.25) is 10.0 Å². The van der Waals surface area contributed by atoms with Gasteiger partial charge >= 0.3 is 7.12 Å². The maximum Gasteiger partial charge on any atom is 0.495 e. The monoisotopic (exact) mass is 230 g/mol. The first-order valence-electron chi connectivity index (χ1n) is 4.45. The second-order valence-electron chi connectivity index (χ2n) is 3.09. The number of halogens is 2. The van der Waals surface area contributed by atoms with Crippen molar-refractivity contribution in [2.75, 3.05) is 13.2 Å². The normalized spacial score (nSPS) is 17.1. The number of benzene rings is 1. The largest absolute Gasteiger partial charge is 0.495 e. The minimum atomic E-state index is -0.339. The van der Waals surface area contributed by atoms with E-state index in [1.54, 1.807) is 12.1 Å². The Bertz CT molecular complexity index is 327. The first-order chi connectivity index (χ1) is 6.77. The first kappa shape index (κ1) is 10.3. The molecule has 0 N–H and O–H groups in total. The van der Waals surface area contributed by atoms with E-state index in [0.29, 0.717) is 23.3 Å². The lowest BCUT2D eigenvalue weighted by Crippen LogP contribution is -2.41. The van der Waals surface area contributed by atoms with Gasteiger partial charge in [0.2, 0.25) is 0 Å². The van der Waals surface area contributed by atoms with Crippen molar-refractivity contribution in [1.82, 2.24) is 0 Å². The zero-order chi connectivity index (χ0) is 9.97. The third-order valence-corrected chi connectivity index (χ3v) is 2.61. The third kappa shape index (κ3) is 2.23. The summed E-state index contributed by atoms with van der Waals surface area (Å²) in [7, 11) is -0.339. The van der Waals surface area contributed by atoms with Crippen molar-refractivity contribution >= 4 is 35.8 Å². The van der Waals surface area contributed by atoms with Gasteiger partial charge < -0.3 is 9.31 Å². The molecule has 0 saturated carbocycles. The minimum absolute atomic E-state index is 0.339. The summed E-state index contributed by atoms with van der Waals surface area (Å²) >= 11 is 11.8. The standard InChI is InChI=1S/C9H9BCl2O2/c11-7-2-3-8(9(12)6-7)10-13-4-1-5-14-10/h2-3,6H,1,4-5H2. The SMILES string of the molecule is Clc1ccc(B2OCCCO2)c(Cl)c1. The van der Waals surface area contributed by atoms with Gasteiger partial charge in [0.25, 0.3) is 0 Å². The fourth-order valence-corrected chi connectivity index (χ4v) is 1.86. The van der Waals surface area contributed by atoms with Gasteiger partial charge in [-0.3, -0.25) is 0 Å². The van der Waals surface area contributed by atoms with Gasteiger partial charge in [0.1, 0.15) is 0 Å². The molecule has 0 aromatic heterocycles. The Labute approximate surface area is 93.2 Å². The van der Waals surface area contributed by atoms with E-state index < -0.39 is 0 Å². The van der Waals surface area contributed by atoms with Crippen molar-refractivity contribution in [3.05, 3.63) is 28.2 Å². The van der Waals surface area contributed by atoms with E-state index in [1.165, 1.54) is 0 Å². The third-order valence-electron chi connectivity index (χ3n) is 2.04. The molecule has 0 unspecified atom stereocenters. The lowest BCUT2D eigenvalue weighted by Gasteiger charge is -2.20. The van der Waals surface area contributed by atoms with Crippen LogP contribution >= 0.6 is 23.2 Å². The van der Waals surface area contributed by atoms with Crippen molar-refractivity contribution in [3.8, 4) is 0 Å². The molecule has 74 valence electrons. The zero-order valence-corrected chi connectivity index (χ0v) is 9.02. The van der Waals surface area contributed by atoms with Gasteiger partial charge in [0, 0.05) is 28.7 Å². The highest BCUT2D eigenvalue weighted by atomic mass is 35.5. The summed E-state index contributed by atoms with van der Waals surface area (Å²) in [5, 5.41) is 1.21. The summed E-state index contributed by atoms with van der Waals surface area (Å²) in [6, 6.07) is 5.31. The van der Waals surface area contributed by atoms with Gasteiger partial charge in [-0.05, 0) is 18.6 Å². The van der Waals surface area contributed by atoms with Crippen LogP contribution in [0.5, 0.6) is 0 Å². The van der Waals surface area contributed by atoms with Gasteiger partial charge in [-0.15, -0.1) is 0 Å². The molecular weight excluding hydrogens is 222 g/mol. The zero-order valence-electron chi connectivity index (χ0n) is 7.50. The molecule has 0 aliphatic carbocycles. The molecule has 1 heterocycles. The highest BCUT2D eigenvalue weighted by Gasteiger charge is 2.26. The maximum atomic E-state index is 6.02. The molecule has 0 bridgehead atoms. The first-order valence-corrected chi connectivity index (χ1v) is 5.21. The van der Waals surface area contributed by atoms with E-state index in [1.807, 2.05) is 6.07 Å². The molecule has 5 heteroatoms. The molecule has 1 saturated heterocycles. The van der Waals surface area contributed by atoms with Crippen LogP contribution < -0.4 is 5.46 Å². The van der Waals surface area contributed by atoms with Gasteiger partial charge in [-0.25, -0.2) is 0 Å². The molecule has 0 atom stereocenters. The molecule has 0 amide bonds. The number of hydrogen-bond donors (Lipinski definition) is 0. The minimum Gasteiger partial charge on any atom is -0.407 e. The Morgan fingerprint density at radius 2 is 1.86 bits per heavy atom. The quantitative estimate of drug-likeness (QED) is 0.689. The van der Waals surface area contributed by atoms with E-state index in [9.17, 15) is 0 Å². The Kier molecular flexibility index (Phi) is 3.34. The van der Waals surface area contributed by atoms with Gasteiger partial charge in [-0.2, -0.15) is 0 Å². The highest BCUT2D eigenvalue weighted by molar-refractivity contribution is 6.65. The highest BCUT2D eigenvalue weighted by Crippen LogP contribution is 2.15. The Hall–Kier alpha value is -0.215. The Morgan fingerprint density at radius 1 is 1.14 bits per heavy atom. The Morgan fingerprint density at radius 3 is 2.50 bits per heavy atom. The molecule has 2 rings (SSSR count). The lowest BCUT2D eigenvalue weighted by atomic mass is 9.78. The van der Waals surface area contributed by atoms with Crippen LogP contribution in [0.1, 0.15) is 6.42 Å². The molecule has 1 fully saturated rings. The van der Waals surface area contributed by atoms with Gasteiger partial charge in [0.15, 0.2) is 0 Å². The van der Waals surface area contributed by atoms with Gasteiger partial charge in [-0.1, -0.05) is 29.3 Å². The summed E-state index contributed by atoms with van der Waals surface area (Å²) in [4.78, 5) is 0. The van der Waals surface area contributed by atoms with Crippen LogP contribution in [0.4, 0.5) is 0 Å². The smallest absolute Gasteiger partial charge is 0.407 e. The molecule has 1 aliphatic heterocycles. The summed E-state index contributed by atoms with van der Waals surface area (Å²) in [6.07, 6.45) is 0.932. The van der Waals surface area contributed by atoms with Gasteiger partial charge in [0.05, 0.1) is 0 Å². The van der Waals surface area contributed by atoms with Crippen LogP contribution in [0.15, 0.2) is 18.2 Å². The van der Waals surface area contributed by atoms with Crippen molar-refractivity contribution in [3.63, 3.8) is 0 Å². The molecule has 1 aromatic carbocycles. The fourth-order valence-electron chi connectivity index (χ4n) is 1.36. The van der Waals surface area contributed by atoms with Crippen LogP contribution in [-0.2, 0) is 9.31 Å². The average Bonchev–Trinajstić information content (AvgIpc) is 2.19. The molecule has 0 radical (unpaired) electrons. The summed E-state index contributed by atoms with van der Waals surface area (Å²) in [6.45, 7) is 1.42. The maximum absolute atomic E-state index is 6.02. The number of rotatable bonds is 1. The molecule has 2 nitrogen and oxygen atoms in total. The van der Waals surface area contributed by atoms with Crippen molar-refractivity contribution in [1.29, 1.82) is 0 Å². The van der Waals surface area contributed by atoms with Crippen molar-refractivity contribution < 1.29 is 9.31 Å². The fraction of sp³-hybridized carbons (Fsp3) is 0.333.